The average Bonchev–Trinajstić information content (AvgIpc) is 2.38. The lowest BCUT2D eigenvalue weighted by atomic mass is 10.1. The molecule has 0 aliphatic heterocycles. The quantitative estimate of drug-likeness (QED) is 0.755. The summed E-state index contributed by atoms with van der Waals surface area (Å²) in [6, 6.07) is 10.6. The standard InChI is InChI=1S/C15H11Cl2NO/c1-9-5-12(6-10(2)15(9)17)19-14-4-3-11(8-18)7-13(14)16/h3-7H,1-2H3. The molecule has 2 aromatic carbocycles. The van der Waals surface area contributed by atoms with Crippen LogP contribution < -0.4 is 4.74 Å². The van der Waals surface area contributed by atoms with Crippen LogP contribution in [0.1, 0.15) is 16.7 Å². The van der Waals surface area contributed by atoms with Gasteiger partial charge in [0, 0.05) is 5.02 Å². The van der Waals surface area contributed by atoms with E-state index in [1.807, 2.05) is 32.0 Å². The molecule has 0 spiro atoms. The van der Waals surface area contributed by atoms with Crippen molar-refractivity contribution in [1.82, 2.24) is 0 Å². The summed E-state index contributed by atoms with van der Waals surface area (Å²) in [6.07, 6.45) is 0. The van der Waals surface area contributed by atoms with Crippen LogP contribution in [0.4, 0.5) is 0 Å². The van der Waals surface area contributed by atoms with Gasteiger partial charge in [-0.25, -0.2) is 0 Å². The number of benzene rings is 2. The van der Waals surface area contributed by atoms with Crippen molar-refractivity contribution in [3.63, 3.8) is 0 Å². The summed E-state index contributed by atoms with van der Waals surface area (Å²) in [5, 5.41) is 9.92. The SMILES string of the molecule is Cc1cc(Oc2ccc(C#N)cc2Cl)cc(C)c1Cl. The Labute approximate surface area is 122 Å². The minimum absolute atomic E-state index is 0.407. The first-order valence-electron chi connectivity index (χ1n) is 5.65. The number of hydrogen-bond acceptors (Lipinski definition) is 2. The van der Waals surface area contributed by atoms with Crippen LogP contribution in [-0.4, -0.2) is 0 Å². The molecule has 0 heterocycles. The number of rotatable bonds is 2. The Morgan fingerprint density at radius 1 is 1.05 bits per heavy atom. The van der Waals surface area contributed by atoms with Crippen molar-refractivity contribution in [2.45, 2.75) is 13.8 Å². The molecule has 2 nitrogen and oxygen atoms in total. The van der Waals surface area contributed by atoms with E-state index in [-0.39, 0.29) is 0 Å². The first-order chi connectivity index (χ1) is 9.01. The molecule has 0 fully saturated rings. The van der Waals surface area contributed by atoms with Crippen LogP contribution in [0.25, 0.3) is 0 Å². The number of hydrogen-bond donors (Lipinski definition) is 0. The van der Waals surface area contributed by atoms with Crippen LogP contribution in [0.5, 0.6) is 11.5 Å². The Hall–Kier alpha value is -1.69. The van der Waals surface area contributed by atoms with Crippen molar-refractivity contribution in [2.24, 2.45) is 0 Å². The van der Waals surface area contributed by atoms with Gasteiger partial charge in [0.25, 0.3) is 0 Å². The Bertz CT molecular complexity index is 651. The number of nitrogens with zero attached hydrogens (tertiary/aromatic N) is 1. The fourth-order valence-electron chi connectivity index (χ4n) is 1.75. The second kappa shape index (κ2) is 5.52. The minimum Gasteiger partial charge on any atom is -0.456 e. The van der Waals surface area contributed by atoms with Gasteiger partial charge in [-0.3, -0.25) is 0 Å². The molecule has 96 valence electrons. The molecule has 0 amide bonds. The van der Waals surface area contributed by atoms with Gasteiger partial charge in [0.05, 0.1) is 16.7 Å². The van der Waals surface area contributed by atoms with Gasteiger partial charge in [-0.05, 0) is 55.3 Å². The number of nitriles is 1. The zero-order chi connectivity index (χ0) is 14.0. The third-order valence-corrected chi connectivity index (χ3v) is 3.59. The van der Waals surface area contributed by atoms with Crippen LogP contribution in [-0.2, 0) is 0 Å². The molecule has 2 rings (SSSR count). The maximum atomic E-state index is 8.78. The lowest BCUT2D eigenvalue weighted by Gasteiger charge is -2.10. The van der Waals surface area contributed by atoms with Gasteiger partial charge >= 0.3 is 0 Å². The van der Waals surface area contributed by atoms with Gasteiger partial charge in [-0.2, -0.15) is 5.26 Å². The van der Waals surface area contributed by atoms with E-state index < -0.39 is 0 Å². The van der Waals surface area contributed by atoms with Crippen LogP contribution in [0.2, 0.25) is 10.0 Å². The van der Waals surface area contributed by atoms with E-state index in [9.17, 15) is 0 Å². The Morgan fingerprint density at radius 3 is 2.21 bits per heavy atom. The molecule has 0 aliphatic rings. The molecule has 0 atom stereocenters. The molecule has 0 aliphatic carbocycles. The number of aryl methyl sites for hydroxylation is 2. The van der Waals surface area contributed by atoms with Crippen molar-refractivity contribution in [2.75, 3.05) is 0 Å². The predicted molar refractivity (Wildman–Crippen MR) is 77.2 cm³/mol. The highest BCUT2D eigenvalue weighted by Crippen LogP contribution is 2.33. The largest absolute Gasteiger partial charge is 0.456 e. The monoisotopic (exact) mass is 291 g/mol. The molecule has 2 aromatic rings. The molecular formula is C15H11Cl2NO. The Balaban J connectivity index is 2.34. The van der Waals surface area contributed by atoms with E-state index in [0.717, 1.165) is 16.1 Å². The lowest BCUT2D eigenvalue weighted by molar-refractivity contribution is 0.482. The average molecular weight is 292 g/mol. The molecule has 0 N–H and O–H groups in total. The number of ether oxygens (including phenoxy) is 1. The molecule has 0 saturated carbocycles. The first-order valence-corrected chi connectivity index (χ1v) is 6.41. The molecule has 0 unspecified atom stereocenters. The molecule has 0 radical (unpaired) electrons. The summed E-state index contributed by atoms with van der Waals surface area (Å²) < 4.78 is 5.73. The van der Waals surface area contributed by atoms with Gasteiger partial charge in [-0.1, -0.05) is 23.2 Å². The van der Waals surface area contributed by atoms with E-state index in [4.69, 9.17) is 33.2 Å². The van der Waals surface area contributed by atoms with Gasteiger partial charge in [-0.15, -0.1) is 0 Å². The highest BCUT2D eigenvalue weighted by atomic mass is 35.5. The number of halogens is 2. The second-order valence-electron chi connectivity index (χ2n) is 4.23. The van der Waals surface area contributed by atoms with Gasteiger partial charge in [0.2, 0.25) is 0 Å². The molecule has 0 saturated heterocycles. The summed E-state index contributed by atoms with van der Waals surface area (Å²) in [7, 11) is 0. The van der Waals surface area contributed by atoms with Crippen molar-refractivity contribution >= 4 is 23.2 Å². The van der Waals surface area contributed by atoms with Crippen LogP contribution in [0.15, 0.2) is 30.3 Å². The zero-order valence-electron chi connectivity index (χ0n) is 10.5. The lowest BCUT2D eigenvalue weighted by Crippen LogP contribution is -1.89. The molecular weight excluding hydrogens is 281 g/mol. The van der Waals surface area contributed by atoms with Crippen molar-refractivity contribution in [3.8, 4) is 17.6 Å². The summed E-state index contributed by atoms with van der Waals surface area (Å²) in [6.45, 7) is 3.84. The summed E-state index contributed by atoms with van der Waals surface area (Å²) in [5.74, 6) is 1.19. The normalized spacial score (nSPS) is 10.1. The molecule has 19 heavy (non-hydrogen) atoms. The van der Waals surface area contributed by atoms with E-state index in [2.05, 4.69) is 0 Å². The fraction of sp³-hybridized carbons (Fsp3) is 0.133. The molecule has 0 bridgehead atoms. The smallest absolute Gasteiger partial charge is 0.146 e. The van der Waals surface area contributed by atoms with Crippen LogP contribution in [0.3, 0.4) is 0 Å². The van der Waals surface area contributed by atoms with Crippen LogP contribution >= 0.6 is 23.2 Å². The van der Waals surface area contributed by atoms with E-state index in [1.165, 1.54) is 0 Å². The minimum atomic E-state index is 0.407. The topological polar surface area (TPSA) is 33.0 Å². The summed E-state index contributed by atoms with van der Waals surface area (Å²) >= 11 is 12.2. The van der Waals surface area contributed by atoms with E-state index in [1.54, 1.807) is 18.2 Å². The fourth-order valence-corrected chi connectivity index (χ4v) is 2.07. The highest BCUT2D eigenvalue weighted by Gasteiger charge is 2.07. The third-order valence-electron chi connectivity index (χ3n) is 2.70. The van der Waals surface area contributed by atoms with Crippen molar-refractivity contribution in [3.05, 3.63) is 57.1 Å². The molecule has 4 heteroatoms. The Kier molecular flexibility index (Phi) is 3.99. The first kappa shape index (κ1) is 13.7. The third kappa shape index (κ3) is 3.01. The van der Waals surface area contributed by atoms with Crippen molar-refractivity contribution < 1.29 is 4.74 Å². The zero-order valence-corrected chi connectivity index (χ0v) is 12.0. The van der Waals surface area contributed by atoms with E-state index >= 15 is 0 Å². The summed E-state index contributed by atoms with van der Waals surface area (Å²) in [4.78, 5) is 0. The molecule has 0 aromatic heterocycles. The van der Waals surface area contributed by atoms with Gasteiger partial charge in [0.15, 0.2) is 0 Å². The Morgan fingerprint density at radius 2 is 1.68 bits per heavy atom. The summed E-state index contributed by atoms with van der Waals surface area (Å²) in [5.41, 5.74) is 2.39. The van der Waals surface area contributed by atoms with Gasteiger partial charge in [0.1, 0.15) is 11.5 Å². The van der Waals surface area contributed by atoms with Gasteiger partial charge < -0.3 is 4.74 Å². The highest BCUT2D eigenvalue weighted by molar-refractivity contribution is 6.32. The second-order valence-corrected chi connectivity index (χ2v) is 5.02. The van der Waals surface area contributed by atoms with E-state index in [0.29, 0.717) is 22.1 Å². The van der Waals surface area contributed by atoms with Crippen molar-refractivity contribution in [1.29, 1.82) is 5.26 Å². The van der Waals surface area contributed by atoms with Crippen LogP contribution in [0, 0.1) is 25.2 Å². The maximum Gasteiger partial charge on any atom is 0.146 e. The predicted octanol–water partition coefficient (Wildman–Crippen LogP) is 5.27. The maximum absolute atomic E-state index is 8.78.